The predicted octanol–water partition coefficient (Wildman–Crippen LogP) is 2.32. The van der Waals surface area contributed by atoms with Crippen molar-refractivity contribution < 1.29 is 9.53 Å². The van der Waals surface area contributed by atoms with Crippen LogP contribution in [0.3, 0.4) is 0 Å². The van der Waals surface area contributed by atoms with Crippen LogP contribution in [-0.2, 0) is 4.79 Å². The van der Waals surface area contributed by atoms with Gasteiger partial charge in [-0.1, -0.05) is 19.1 Å². The number of hydrogen-bond donors (Lipinski definition) is 1. The van der Waals surface area contributed by atoms with Crippen LogP contribution in [0.4, 0.5) is 0 Å². The summed E-state index contributed by atoms with van der Waals surface area (Å²) in [5, 5.41) is 2.66. The van der Waals surface area contributed by atoms with Gasteiger partial charge in [-0.25, -0.2) is 0 Å². The molecule has 0 bridgehead atoms. The van der Waals surface area contributed by atoms with Crippen molar-refractivity contribution in [3.05, 3.63) is 29.8 Å². The summed E-state index contributed by atoms with van der Waals surface area (Å²) in [6.07, 6.45) is 1.50. The van der Waals surface area contributed by atoms with E-state index in [4.69, 9.17) is 4.74 Å². The minimum absolute atomic E-state index is 0.0858. The minimum Gasteiger partial charge on any atom is -0.497 e. The van der Waals surface area contributed by atoms with Crippen LogP contribution in [0.5, 0.6) is 5.75 Å². The number of ether oxygens (including phenoxy) is 1. The molecule has 3 nitrogen and oxygen atoms in total. The van der Waals surface area contributed by atoms with Crippen molar-refractivity contribution in [2.75, 3.05) is 14.2 Å². The molecule has 1 N–H and O–H groups in total. The molecule has 1 atom stereocenters. The molecule has 1 aromatic carbocycles. The first-order valence-corrected chi connectivity index (χ1v) is 5.55. The molecule has 1 unspecified atom stereocenters. The topological polar surface area (TPSA) is 38.3 Å². The number of hydrogen-bond acceptors (Lipinski definition) is 2. The van der Waals surface area contributed by atoms with E-state index in [9.17, 15) is 4.79 Å². The van der Waals surface area contributed by atoms with Crippen LogP contribution in [0.25, 0.3) is 0 Å². The molecule has 88 valence electrons. The third-order valence-corrected chi connectivity index (χ3v) is 2.79. The first-order valence-electron chi connectivity index (χ1n) is 5.55. The lowest BCUT2D eigenvalue weighted by molar-refractivity contribution is -0.121. The number of nitrogens with one attached hydrogen (secondary N) is 1. The van der Waals surface area contributed by atoms with Crippen molar-refractivity contribution >= 4 is 5.91 Å². The molecule has 0 radical (unpaired) electrons. The number of carbonyl (C=O) groups excluding carboxylic acids is 1. The van der Waals surface area contributed by atoms with E-state index < -0.39 is 0 Å². The van der Waals surface area contributed by atoms with Crippen LogP contribution in [0, 0.1) is 0 Å². The molecule has 1 aromatic rings. The van der Waals surface area contributed by atoms with Gasteiger partial charge >= 0.3 is 0 Å². The molecule has 3 heteroatoms. The summed E-state index contributed by atoms with van der Waals surface area (Å²) >= 11 is 0. The van der Waals surface area contributed by atoms with E-state index in [0.717, 1.165) is 12.2 Å². The number of methoxy groups -OCH3 is 1. The summed E-state index contributed by atoms with van der Waals surface area (Å²) in [5.41, 5.74) is 1.19. The van der Waals surface area contributed by atoms with E-state index in [0.29, 0.717) is 6.42 Å². The second-order valence-corrected chi connectivity index (χ2v) is 3.76. The lowest BCUT2D eigenvalue weighted by atomic mass is 9.93. The van der Waals surface area contributed by atoms with Crippen LogP contribution in [-0.4, -0.2) is 20.1 Å². The monoisotopic (exact) mass is 221 g/mol. The van der Waals surface area contributed by atoms with Crippen LogP contribution >= 0.6 is 0 Å². The molecule has 0 spiro atoms. The summed E-state index contributed by atoms with van der Waals surface area (Å²) in [7, 11) is 3.32. The Morgan fingerprint density at radius 1 is 1.38 bits per heavy atom. The van der Waals surface area contributed by atoms with Gasteiger partial charge in [0.05, 0.1) is 7.11 Å². The molecule has 0 heterocycles. The zero-order chi connectivity index (χ0) is 12.0. The van der Waals surface area contributed by atoms with Crippen molar-refractivity contribution in [3.8, 4) is 5.75 Å². The van der Waals surface area contributed by atoms with Crippen molar-refractivity contribution in [2.24, 2.45) is 0 Å². The Hall–Kier alpha value is -1.51. The predicted molar refractivity (Wildman–Crippen MR) is 64.7 cm³/mol. The summed E-state index contributed by atoms with van der Waals surface area (Å²) < 4.78 is 5.11. The number of benzene rings is 1. The van der Waals surface area contributed by atoms with Gasteiger partial charge in [0.2, 0.25) is 5.91 Å². The van der Waals surface area contributed by atoms with E-state index in [-0.39, 0.29) is 11.8 Å². The quantitative estimate of drug-likeness (QED) is 0.828. The molecule has 16 heavy (non-hydrogen) atoms. The maximum Gasteiger partial charge on any atom is 0.220 e. The van der Waals surface area contributed by atoms with Gasteiger partial charge in [-0.2, -0.15) is 0 Å². The van der Waals surface area contributed by atoms with Gasteiger partial charge in [0.15, 0.2) is 0 Å². The van der Waals surface area contributed by atoms with Crippen LogP contribution in [0.1, 0.15) is 31.2 Å². The molecule has 0 aromatic heterocycles. The lowest BCUT2D eigenvalue weighted by Crippen LogP contribution is -2.20. The van der Waals surface area contributed by atoms with Crippen LogP contribution < -0.4 is 10.1 Å². The van der Waals surface area contributed by atoms with Gasteiger partial charge in [0, 0.05) is 13.5 Å². The smallest absolute Gasteiger partial charge is 0.220 e. The lowest BCUT2D eigenvalue weighted by Gasteiger charge is -2.14. The first kappa shape index (κ1) is 12.6. The summed E-state index contributed by atoms with van der Waals surface area (Å²) in [4.78, 5) is 11.3. The average Bonchev–Trinajstić information content (AvgIpc) is 2.35. The second kappa shape index (κ2) is 6.16. The first-order chi connectivity index (χ1) is 7.71. The fourth-order valence-corrected chi connectivity index (χ4v) is 1.70. The molecule has 0 saturated heterocycles. The largest absolute Gasteiger partial charge is 0.497 e. The highest BCUT2D eigenvalue weighted by molar-refractivity contribution is 5.76. The Morgan fingerprint density at radius 2 is 2.00 bits per heavy atom. The molecular formula is C13H19NO2. The SMILES string of the molecule is CCC(CC(=O)NC)c1ccc(OC)cc1. The van der Waals surface area contributed by atoms with Gasteiger partial charge in [-0.05, 0) is 30.0 Å². The van der Waals surface area contributed by atoms with E-state index in [1.54, 1.807) is 14.2 Å². The van der Waals surface area contributed by atoms with Crippen molar-refractivity contribution in [3.63, 3.8) is 0 Å². The standard InChI is InChI=1S/C13H19NO2/c1-4-10(9-13(15)14-2)11-5-7-12(16-3)8-6-11/h5-8,10H,4,9H2,1-3H3,(H,14,15). The van der Waals surface area contributed by atoms with Gasteiger partial charge in [-0.3, -0.25) is 4.79 Å². The van der Waals surface area contributed by atoms with Crippen molar-refractivity contribution in [2.45, 2.75) is 25.7 Å². The zero-order valence-corrected chi connectivity index (χ0v) is 10.1. The Bertz CT molecular complexity index is 332. The van der Waals surface area contributed by atoms with Gasteiger partial charge in [0.1, 0.15) is 5.75 Å². The molecule has 0 saturated carbocycles. The van der Waals surface area contributed by atoms with Crippen LogP contribution in [0.2, 0.25) is 0 Å². The molecule has 1 rings (SSSR count). The number of rotatable bonds is 5. The van der Waals surface area contributed by atoms with Crippen molar-refractivity contribution in [1.29, 1.82) is 0 Å². The third-order valence-electron chi connectivity index (χ3n) is 2.79. The van der Waals surface area contributed by atoms with Gasteiger partial charge in [-0.15, -0.1) is 0 Å². The van der Waals surface area contributed by atoms with Crippen LogP contribution in [0.15, 0.2) is 24.3 Å². The fourth-order valence-electron chi connectivity index (χ4n) is 1.70. The Morgan fingerprint density at radius 3 is 2.44 bits per heavy atom. The molecule has 0 aliphatic heterocycles. The minimum atomic E-state index is 0.0858. The van der Waals surface area contributed by atoms with E-state index in [1.165, 1.54) is 5.56 Å². The zero-order valence-electron chi connectivity index (χ0n) is 10.1. The highest BCUT2D eigenvalue weighted by Gasteiger charge is 2.13. The molecule has 1 amide bonds. The van der Waals surface area contributed by atoms with Crippen molar-refractivity contribution in [1.82, 2.24) is 5.32 Å². The molecule has 0 fully saturated rings. The highest BCUT2D eigenvalue weighted by Crippen LogP contribution is 2.25. The maximum absolute atomic E-state index is 11.3. The van der Waals surface area contributed by atoms with E-state index in [2.05, 4.69) is 12.2 Å². The summed E-state index contributed by atoms with van der Waals surface area (Å²) in [6.45, 7) is 2.10. The Labute approximate surface area is 96.8 Å². The average molecular weight is 221 g/mol. The van der Waals surface area contributed by atoms with Gasteiger partial charge < -0.3 is 10.1 Å². The number of carbonyl (C=O) groups is 1. The molecule has 0 aliphatic rings. The van der Waals surface area contributed by atoms with Gasteiger partial charge in [0.25, 0.3) is 0 Å². The maximum atomic E-state index is 11.3. The van der Waals surface area contributed by atoms with E-state index >= 15 is 0 Å². The highest BCUT2D eigenvalue weighted by atomic mass is 16.5. The Kier molecular flexibility index (Phi) is 4.83. The second-order valence-electron chi connectivity index (χ2n) is 3.76. The summed E-state index contributed by atoms with van der Waals surface area (Å²) in [5.74, 6) is 1.21. The summed E-state index contributed by atoms with van der Waals surface area (Å²) in [6, 6.07) is 7.91. The fraction of sp³-hybridized carbons (Fsp3) is 0.462. The molecular weight excluding hydrogens is 202 g/mol. The normalized spacial score (nSPS) is 11.9. The Balaban J connectivity index is 2.74. The van der Waals surface area contributed by atoms with E-state index in [1.807, 2.05) is 24.3 Å². The molecule has 0 aliphatic carbocycles. The number of amides is 1. The third kappa shape index (κ3) is 3.26.